The Labute approximate surface area is 144 Å². The van der Waals surface area contributed by atoms with Crippen molar-refractivity contribution in [3.63, 3.8) is 0 Å². The van der Waals surface area contributed by atoms with Crippen LogP contribution in [0.25, 0.3) is 4.96 Å². The highest BCUT2D eigenvalue weighted by atomic mass is 32.1. The van der Waals surface area contributed by atoms with Gasteiger partial charge in [0.25, 0.3) is 11.5 Å². The predicted octanol–water partition coefficient (Wildman–Crippen LogP) is 3.44. The molecule has 1 amide bonds. The molecule has 2 aromatic heterocycles. The Kier molecular flexibility index (Phi) is 4.49. The molecule has 0 aliphatic heterocycles. The lowest BCUT2D eigenvalue weighted by Gasteiger charge is -2.14. The molecule has 0 spiro atoms. The van der Waals surface area contributed by atoms with Crippen molar-refractivity contribution >= 4 is 27.9 Å². The molecule has 0 atom stereocenters. The van der Waals surface area contributed by atoms with Gasteiger partial charge >= 0.3 is 0 Å². The van der Waals surface area contributed by atoms with Crippen LogP contribution in [-0.2, 0) is 12.8 Å². The Hall–Kier alpha value is -2.47. The van der Waals surface area contributed by atoms with E-state index in [0.29, 0.717) is 4.96 Å². The maximum atomic E-state index is 12.7. The summed E-state index contributed by atoms with van der Waals surface area (Å²) in [5.74, 6) is -0.414. The number of aromatic nitrogens is 2. The molecule has 0 radical (unpaired) electrons. The molecule has 3 aromatic rings. The molecular formula is C18H19N3O2S. The second kappa shape index (κ2) is 6.57. The summed E-state index contributed by atoms with van der Waals surface area (Å²) in [4.78, 5) is 30.1. The van der Waals surface area contributed by atoms with Crippen molar-refractivity contribution in [3.8, 4) is 0 Å². The van der Waals surface area contributed by atoms with Crippen LogP contribution in [0, 0.1) is 6.92 Å². The van der Waals surface area contributed by atoms with Crippen LogP contribution < -0.4 is 10.9 Å². The van der Waals surface area contributed by atoms with Crippen molar-refractivity contribution in [1.82, 2.24) is 9.38 Å². The molecule has 0 bridgehead atoms. The van der Waals surface area contributed by atoms with Gasteiger partial charge < -0.3 is 5.32 Å². The summed E-state index contributed by atoms with van der Waals surface area (Å²) in [6, 6.07) is 5.97. The Morgan fingerprint density at radius 3 is 2.54 bits per heavy atom. The lowest BCUT2D eigenvalue weighted by atomic mass is 10.0. The molecule has 1 N–H and O–H groups in total. The van der Waals surface area contributed by atoms with E-state index < -0.39 is 5.91 Å². The summed E-state index contributed by atoms with van der Waals surface area (Å²) >= 11 is 1.38. The van der Waals surface area contributed by atoms with Crippen LogP contribution in [0.5, 0.6) is 0 Å². The van der Waals surface area contributed by atoms with Gasteiger partial charge in [0.2, 0.25) is 0 Å². The number of fused-ring (bicyclic) bond motifs is 1. The van der Waals surface area contributed by atoms with Crippen molar-refractivity contribution in [1.29, 1.82) is 0 Å². The summed E-state index contributed by atoms with van der Waals surface area (Å²) in [5, 5.41) is 4.78. The van der Waals surface area contributed by atoms with E-state index in [0.717, 1.165) is 35.3 Å². The van der Waals surface area contributed by atoms with E-state index >= 15 is 0 Å². The molecule has 3 rings (SSSR count). The van der Waals surface area contributed by atoms with Crippen LogP contribution in [0.2, 0.25) is 0 Å². The van der Waals surface area contributed by atoms with Crippen molar-refractivity contribution < 1.29 is 4.79 Å². The fourth-order valence-electron chi connectivity index (χ4n) is 2.76. The molecule has 0 aliphatic rings. The van der Waals surface area contributed by atoms with Gasteiger partial charge in [0.05, 0.1) is 0 Å². The molecule has 1 aromatic carbocycles. The van der Waals surface area contributed by atoms with Gasteiger partial charge in [-0.1, -0.05) is 32.0 Å². The maximum Gasteiger partial charge on any atom is 0.271 e. The number of amides is 1. The van der Waals surface area contributed by atoms with Gasteiger partial charge in [0.15, 0.2) is 4.96 Å². The average molecular weight is 341 g/mol. The maximum absolute atomic E-state index is 12.7. The zero-order valence-corrected chi connectivity index (χ0v) is 14.7. The van der Waals surface area contributed by atoms with Gasteiger partial charge in [-0.15, -0.1) is 11.3 Å². The first-order valence-corrected chi connectivity index (χ1v) is 8.82. The van der Waals surface area contributed by atoms with Crippen LogP contribution in [0.15, 0.2) is 34.6 Å². The highest BCUT2D eigenvalue weighted by Gasteiger charge is 2.17. The van der Waals surface area contributed by atoms with Gasteiger partial charge in [0, 0.05) is 23.0 Å². The quantitative estimate of drug-likeness (QED) is 0.790. The first-order chi connectivity index (χ1) is 11.6. The molecular weight excluding hydrogens is 322 g/mol. The number of hydrogen-bond acceptors (Lipinski definition) is 4. The number of para-hydroxylation sites is 1. The third kappa shape index (κ3) is 2.73. The predicted molar refractivity (Wildman–Crippen MR) is 97.2 cm³/mol. The van der Waals surface area contributed by atoms with Gasteiger partial charge in [-0.25, -0.2) is 4.98 Å². The van der Waals surface area contributed by atoms with Gasteiger partial charge in [-0.3, -0.25) is 14.0 Å². The molecule has 5 nitrogen and oxygen atoms in total. The fraction of sp³-hybridized carbons (Fsp3) is 0.278. The summed E-state index contributed by atoms with van der Waals surface area (Å²) in [5.41, 5.74) is 3.43. The molecule has 2 heterocycles. The first-order valence-electron chi connectivity index (χ1n) is 7.94. The largest absolute Gasteiger partial charge is 0.321 e. The third-order valence-electron chi connectivity index (χ3n) is 4.10. The summed E-state index contributed by atoms with van der Waals surface area (Å²) < 4.78 is 1.48. The summed E-state index contributed by atoms with van der Waals surface area (Å²) in [6.45, 7) is 5.92. The van der Waals surface area contributed by atoms with E-state index in [-0.39, 0.29) is 11.1 Å². The van der Waals surface area contributed by atoms with Crippen LogP contribution in [0.4, 0.5) is 5.69 Å². The number of carbonyl (C=O) groups excluding carboxylic acids is 1. The number of thiazole rings is 1. The number of nitrogens with one attached hydrogen (secondary N) is 1. The van der Waals surface area contributed by atoms with E-state index in [2.05, 4.69) is 10.3 Å². The number of benzene rings is 1. The molecule has 124 valence electrons. The lowest BCUT2D eigenvalue weighted by Crippen LogP contribution is -2.27. The molecule has 0 saturated carbocycles. The lowest BCUT2D eigenvalue weighted by molar-refractivity contribution is 0.102. The van der Waals surface area contributed by atoms with Crippen LogP contribution in [0.1, 0.15) is 41.0 Å². The molecule has 0 fully saturated rings. The van der Waals surface area contributed by atoms with Crippen molar-refractivity contribution in [3.05, 3.63) is 62.5 Å². The Morgan fingerprint density at radius 2 is 1.92 bits per heavy atom. The number of anilines is 1. The van der Waals surface area contributed by atoms with Gasteiger partial charge in [-0.05, 0) is 30.9 Å². The minimum atomic E-state index is -0.414. The fourth-order valence-corrected chi connectivity index (χ4v) is 3.59. The summed E-state index contributed by atoms with van der Waals surface area (Å²) in [6.07, 6.45) is 2.98. The third-order valence-corrected chi connectivity index (χ3v) is 5.06. The zero-order valence-electron chi connectivity index (χ0n) is 13.9. The SMILES string of the molecule is CCc1cccc(CC)c1NC(=O)c1cnc2scc(C)n2c1=O. The molecule has 6 heteroatoms. The minimum absolute atomic E-state index is 0.0574. The standard InChI is InChI=1S/C18H19N3O2S/c1-4-12-7-6-8-13(5-2)15(12)20-16(22)14-9-19-18-21(17(14)23)11(3)10-24-18/h6-10H,4-5H2,1-3H3,(H,20,22). The Morgan fingerprint density at radius 1 is 1.25 bits per heavy atom. The van der Waals surface area contributed by atoms with Crippen LogP contribution in [-0.4, -0.2) is 15.3 Å². The molecule has 0 unspecified atom stereocenters. The Bertz CT molecular complexity index is 950. The number of aryl methyl sites for hydroxylation is 3. The molecule has 24 heavy (non-hydrogen) atoms. The van der Waals surface area contributed by atoms with Crippen molar-refractivity contribution in [2.24, 2.45) is 0 Å². The van der Waals surface area contributed by atoms with E-state index in [1.54, 1.807) is 0 Å². The van der Waals surface area contributed by atoms with E-state index in [4.69, 9.17) is 0 Å². The number of nitrogens with zero attached hydrogens (tertiary/aromatic N) is 2. The highest BCUT2D eigenvalue weighted by Crippen LogP contribution is 2.23. The smallest absolute Gasteiger partial charge is 0.271 e. The van der Waals surface area contributed by atoms with Gasteiger partial charge in [0.1, 0.15) is 5.56 Å². The monoisotopic (exact) mass is 341 g/mol. The van der Waals surface area contributed by atoms with Crippen molar-refractivity contribution in [2.45, 2.75) is 33.6 Å². The zero-order chi connectivity index (χ0) is 17.3. The normalized spacial score (nSPS) is 11.0. The second-order valence-electron chi connectivity index (χ2n) is 5.58. The van der Waals surface area contributed by atoms with Crippen LogP contribution >= 0.6 is 11.3 Å². The first kappa shape index (κ1) is 16.4. The molecule has 0 aliphatic carbocycles. The van der Waals surface area contributed by atoms with Crippen LogP contribution in [0.3, 0.4) is 0 Å². The Balaban J connectivity index is 2.04. The van der Waals surface area contributed by atoms with Gasteiger partial charge in [-0.2, -0.15) is 0 Å². The van der Waals surface area contributed by atoms with E-state index in [1.807, 2.05) is 44.4 Å². The number of carbonyl (C=O) groups is 1. The number of rotatable bonds is 4. The summed E-state index contributed by atoms with van der Waals surface area (Å²) in [7, 11) is 0. The topological polar surface area (TPSA) is 63.5 Å². The van der Waals surface area contributed by atoms with Crippen molar-refractivity contribution in [2.75, 3.05) is 5.32 Å². The average Bonchev–Trinajstić information content (AvgIpc) is 2.97. The highest BCUT2D eigenvalue weighted by molar-refractivity contribution is 7.15. The number of hydrogen-bond donors (Lipinski definition) is 1. The second-order valence-corrected chi connectivity index (χ2v) is 6.42. The van der Waals surface area contributed by atoms with E-state index in [9.17, 15) is 9.59 Å². The minimum Gasteiger partial charge on any atom is -0.321 e. The van der Waals surface area contributed by atoms with E-state index in [1.165, 1.54) is 21.9 Å². The molecule has 0 saturated heterocycles.